The molecule has 1 saturated heterocycles. The number of nitrogens with one attached hydrogen (secondary N) is 1. The van der Waals surface area contributed by atoms with Crippen molar-refractivity contribution < 1.29 is 23.8 Å². The van der Waals surface area contributed by atoms with Crippen LogP contribution in [0.5, 0.6) is 17.2 Å². The van der Waals surface area contributed by atoms with Crippen molar-refractivity contribution in [2.45, 2.75) is 20.3 Å². The zero-order chi connectivity index (χ0) is 18.6. The predicted molar refractivity (Wildman–Crippen MR) is 94.4 cm³/mol. The number of hydrogen-bond acceptors (Lipinski definition) is 5. The van der Waals surface area contributed by atoms with Crippen molar-refractivity contribution in [1.29, 1.82) is 0 Å². The van der Waals surface area contributed by atoms with E-state index in [1.807, 2.05) is 13.8 Å². The van der Waals surface area contributed by atoms with Crippen molar-refractivity contribution in [3.05, 3.63) is 12.1 Å². The molecule has 138 valence electrons. The Hall–Kier alpha value is -2.44. The lowest BCUT2D eigenvalue weighted by Gasteiger charge is -2.20. The highest BCUT2D eigenvalue weighted by Gasteiger charge is 2.35. The summed E-state index contributed by atoms with van der Waals surface area (Å²) in [5, 5.41) is 2.89. The van der Waals surface area contributed by atoms with E-state index in [-0.39, 0.29) is 24.2 Å². The molecule has 1 fully saturated rings. The molecule has 1 aliphatic rings. The van der Waals surface area contributed by atoms with Crippen molar-refractivity contribution >= 4 is 17.5 Å². The van der Waals surface area contributed by atoms with E-state index in [4.69, 9.17) is 14.2 Å². The fourth-order valence-electron chi connectivity index (χ4n) is 2.80. The van der Waals surface area contributed by atoms with Crippen LogP contribution >= 0.6 is 0 Å². The van der Waals surface area contributed by atoms with E-state index in [9.17, 15) is 9.59 Å². The highest BCUT2D eigenvalue weighted by molar-refractivity contribution is 6.00. The minimum Gasteiger partial charge on any atom is -0.493 e. The molecule has 7 heteroatoms. The van der Waals surface area contributed by atoms with Crippen molar-refractivity contribution in [2.24, 2.45) is 11.8 Å². The van der Waals surface area contributed by atoms with Gasteiger partial charge in [-0.2, -0.15) is 0 Å². The lowest BCUT2D eigenvalue weighted by molar-refractivity contribution is -0.126. The highest BCUT2D eigenvalue weighted by Crippen LogP contribution is 2.42. The molecule has 25 heavy (non-hydrogen) atoms. The van der Waals surface area contributed by atoms with E-state index in [1.54, 1.807) is 17.0 Å². The summed E-state index contributed by atoms with van der Waals surface area (Å²) in [5.41, 5.74) is 0.624. The molecule has 2 rings (SSSR count). The molecule has 1 unspecified atom stereocenters. The van der Waals surface area contributed by atoms with Gasteiger partial charge in [0.1, 0.15) is 0 Å². The first-order chi connectivity index (χ1) is 11.9. The van der Waals surface area contributed by atoms with Crippen molar-refractivity contribution in [2.75, 3.05) is 39.3 Å². The molecule has 1 atom stereocenters. The summed E-state index contributed by atoms with van der Waals surface area (Å²) < 4.78 is 16.0. The maximum Gasteiger partial charge on any atom is 0.227 e. The summed E-state index contributed by atoms with van der Waals surface area (Å²) in [6.07, 6.45) is 0.195. The lowest BCUT2D eigenvalue weighted by Crippen LogP contribution is -2.35. The molecule has 1 aromatic carbocycles. The van der Waals surface area contributed by atoms with E-state index >= 15 is 0 Å². The van der Waals surface area contributed by atoms with E-state index in [0.29, 0.717) is 41.9 Å². The predicted octanol–water partition coefficient (Wildman–Crippen LogP) is 1.84. The second-order valence-corrected chi connectivity index (χ2v) is 6.43. The van der Waals surface area contributed by atoms with Gasteiger partial charge in [0.15, 0.2) is 11.5 Å². The van der Waals surface area contributed by atoms with Gasteiger partial charge in [-0.05, 0) is 5.92 Å². The van der Waals surface area contributed by atoms with Gasteiger partial charge >= 0.3 is 0 Å². The standard InChI is InChI=1S/C18H26N2O5/c1-11(2)9-19-18(22)12-6-16(21)20(10-12)13-7-14(23-3)17(25-5)15(8-13)24-4/h7-8,11-12H,6,9-10H2,1-5H3,(H,19,22). The van der Waals surface area contributed by atoms with E-state index in [1.165, 1.54) is 21.3 Å². The third-order valence-electron chi connectivity index (χ3n) is 4.14. The Kier molecular flexibility index (Phi) is 6.12. The van der Waals surface area contributed by atoms with Crippen molar-refractivity contribution in [1.82, 2.24) is 5.32 Å². The number of anilines is 1. The number of methoxy groups -OCH3 is 3. The highest BCUT2D eigenvalue weighted by atomic mass is 16.5. The van der Waals surface area contributed by atoms with Gasteiger partial charge in [-0.3, -0.25) is 9.59 Å². The molecule has 1 heterocycles. The first kappa shape index (κ1) is 18.9. The van der Waals surface area contributed by atoms with Crippen LogP contribution in [0.25, 0.3) is 0 Å². The molecule has 1 aromatic rings. The number of carbonyl (C=O) groups is 2. The molecule has 0 aliphatic carbocycles. The quantitative estimate of drug-likeness (QED) is 0.812. The fraction of sp³-hybridized carbons (Fsp3) is 0.556. The van der Waals surface area contributed by atoms with Gasteiger partial charge in [-0.15, -0.1) is 0 Å². The van der Waals surface area contributed by atoms with Crippen LogP contribution in [0.15, 0.2) is 12.1 Å². The zero-order valence-electron chi connectivity index (χ0n) is 15.4. The molecular weight excluding hydrogens is 324 g/mol. The normalized spacial score (nSPS) is 17.0. The number of carbonyl (C=O) groups excluding carboxylic acids is 2. The minimum absolute atomic E-state index is 0.0861. The van der Waals surface area contributed by atoms with E-state index in [0.717, 1.165) is 0 Å². The SMILES string of the molecule is COc1cc(N2CC(C(=O)NCC(C)C)CC2=O)cc(OC)c1OC. The summed E-state index contributed by atoms with van der Waals surface area (Å²) in [6.45, 7) is 5.00. The van der Waals surface area contributed by atoms with Crippen LogP contribution in [0.2, 0.25) is 0 Å². The van der Waals surface area contributed by atoms with Crippen LogP contribution in [0.4, 0.5) is 5.69 Å². The number of benzene rings is 1. The maximum absolute atomic E-state index is 12.4. The van der Waals surface area contributed by atoms with E-state index in [2.05, 4.69) is 5.32 Å². The zero-order valence-corrected chi connectivity index (χ0v) is 15.4. The number of rotatable bonds is 7. The van der Waals surface area contributed by atoms with Crippen LogP contribution in [0, 0.1) is 11.8 Å². The van der Waals surface area contributed by atoms with Gasteiger partial charge in [-0.25, -0.2) is 0 Å². The molecule has 1 N–H and O–H groups in total. The van der Waals surface area contributed by atoms with Crippen molar-refractivity contribution in [3.63, 3.8) is 0 Å². The number of hydrogen-bond donors (Lipinski definition) is 1. The molecule has 0 saturated carbocycles. The van der Waals surface area contributed by atoms with Crippen LogP contribution in [0.3, 0.4) is 0 Å². The third-order valence-corrected chi connectivity index (χ3v) is 4.14. The van der Waals surface area contributed by atoms with Gasteiger partial charge in [-0.1, -0.05) is 13.8 Å². The van der Waals surface area contributed by atoms with Gasteiger partial charge in [0.25, 0.3) is 0 Å². The Labute approximate surface area is 148 Å². The number of nitrogens with zero attached hydrogens (tertiary/aromatic N) is 1. The van der Waals surface area contributed by atoms with Gasteiger partial charge < -0.3 is 24.4 Å². The largest absolute Gasteiger partial charge is 0.493 e. The maximum atomic E-state index is 12.4. The average molecular weight is 350 g/mol. The molecule has 7 nitrogen and oxygen atoms in total. The summed E-state index contributed by atoms with van der Waals surface area (Å²) in [4.78, 5) is 26.3. The molecule has 0 aromatic heterocycles. The molecule has 0 radical (unpaired) electrons. The van der Waals surface area contributed by atoms with Crippen molar-refractivity contribution in [3.8, 4) is 17.2 Å². The monoisotopic (exact) mass is 350 g/mol. The fourth-order valence-corrected chi connectivity index (χ4v) is 2.80. The summed E-state index contributed by atoms with van der Waals surface area (Å²) in [7, 11) is 4.57. The lowest BCUT2D eigenvalue weighted by atomic mass is 10.1. The molecular formula is C18H26N2O5. The molecule has 0 bridgehead atoms. The summed E-state index contributed by atoms with van der Waals surface area (Å²) >= 11 is 0. The van der Waals surface area contributed by atoms with Crippen LogP contribution < -0.4 is 24.4 Å². The number of amides is 2. The molecule has 2 amide bonds. The Morgan fingerprint density at radius 1 is 1.20 bits per heavy atom. The molecule has 0 spiro atoms. The Balaban J connectivity index is 2.21. The first-order valence-electron chi connectivity index (χ1n) is 8.29. The first-order valence-corrected chi connectivity index (χ1v) is 8.29. The van der Waals surface area contributed by atoms with Gasteiger partial charge in [0, 0.05) is 31.6 Å². The Morgan fingerprint density at radius 2 is 1.80 bits per heavy atom. The van der Waals surface area contributed by atoms with Crippen LogP contribution in [0.1, 0.15) is 20.3 Å². The summed E-state index contributed by atoms with van der Waals surface area (Å²) in [5.74, 6) is 1.23. The molecule has 1 aliphatic heterocycles. The van der Waals surface area contributed by atoms with Gasteiger partial charge in [0.05, 0.1) is 32.9 Å². The van der Waals surface area contributed by atoms with Crippen LogP contribution in [-0.2, 0) is 9.59 Å². The summed E-state index contributed by atoms with van der Waals surface area (Å²) in [6, 6.07) is 3.43. The third kappa shape index (κ3) is 4.15. The average Bonchev–Trinajstić information content (AvgIpc) is 2.99. The Morgan fingerprint density at radius 3 is 2.28 bits per heavy atom. The smallest absolute Gasteiger partial charge is 0.227 e. The second kappa shape index (κ2) is 8.09. The van der Waals surface area contributed by atoms with Gasteiger partial charge in [0.2, 0.25) is 17.6 Å². The second-order valence-electron chi connectivity index (χ2n) is 6.43. The minimum atomic E-state index is -0.356. The number of ether oxygens (including phenoxy) is 3. The Bertz CT molecular complexity index is 619. The van der Waals surface area contributed by atoms with Crippen LogP contribution in [-0.4, -0.2) is 46.2 Å². The van der Waals surface area contributed by atoms with E-state index < -0.39 is 0 Å². The topological polar surface area (TPSA) is 77.1 Å².